The number of benzene rings is 4. The molecule has 216 valence electrons. The molecule has 1 aliphatic heterocycles. The molecule has 0 spiro atoms. The Morgan fingerprint density at radius 2 is 1.19 bits per heavy atom. The molecule has 1 amide bonds. The molecule has 3 atom stereocenters. The second kappa shape index (κ2) is 12.5. The zero-order valence-electron chi connectivity index (χ0n) is 24.8. The number of ether oxygens (including phenoxy) is 1. The monoisotopic (exact) mass is 577 g/mol. The van der Waals surface area contributed by atoms with Gasteiger partial charge in [-0.15, -0.1) is 0 Å². The van der Waals surface area contributed by atoms with Crippen molar-refractivity contribution in [2.75, 3.05) is 7.11 Å². The SMILES string of the molecule is COC(=O)[C@H]1C[C@@H](O[Si](c2ccccc2)(c2ccccc2)C(C)(C)C)C[C@@H](c2ccccc2)N1C(=O)c1ccccc1. The number of carbonyl (C=O) groups excluding carboxylic acids is 2. The summed E-state index contributed by atoms with van der Waals surface area (Å²) in [6.45, 7) is 6.75. The fraction of sp³-hybridized carbons (Fsp3) is 0.278. The summed E-state index contributed by atoms with van der Waals surface area (Å²) < 4.78 is 12.8. The maximum atomic E-state index is 14.1. The molecule has 1 saturated heterocycles. The molecular formula is C36H39NO4Si. The van der Waals surface area contributed by atoms with Gasteiger partial charge in [-0.3, -0.25) is 4.79 Å². The quantitative estimate of drug-likeness (QED) is 0.195. The predicted molar refractivity (Wildman–Crippen MR) is 169 cm³/mol. The van der Waals surface area contributed by atoms with Gasteiger partial charge in [0.1, 0.15) is 6.04 Å². The number of likely N-dealkylation sites (tertiary alicyclic amines) is 1. The van der Waals surface area contributed by atoms with Crippen LogP contribution in [0.25, 0.3) is 0 Å². The van der Waals surface area contributed by atoms with Gasteiger partial charge < -0.3 is 14.1 Å². The van der Waals surface area contributed by atoms with Crippen LogP contribution in [0.1, 0.15) is 55.6 Å². The van der Waals surface area contributed by atoms with Gasteiger partial charge in [-0.1, -0.05) is 130 Å². The molecule has 4 aromatic carbocycles. The van der Waals surface area contributed by atoms with Gasteiger partial charge >= 0.3 is 5.97 Å². The van der Waals surface area contributed by atoms with Crippen molar-refractivity contribution in [3.05, 3.63) is 132 Å². The van der Waals surface area contributed by atoms with E-state index in [1.807, 2.05) is 60.7 Å². The van der Waals surface area contributed by atoms with Crippen molar-refractivity contribution < 1.29 is 18.8 Å². The largest absolute Gasteiger partial charge is 0.467 e. The summed E-state index contributed by atoms with van der Waals surface area (Å²) in [6, 6.07) is 39.0. The molecule has 0 aromatic heterocycles. The Labute approximate surface area is 250 Å². The molecule has 0 bridgehead atoms. The summed E-state index contributed by atoms with van der Waals surface area (Å²) in [6.07, 6.45) is 0.602. The van der Waals surface area contributed by atoms with Crippen molar-refractivity contribution >= 4 is 30.6 Å². The fourth-order valence-corrected chi connectivity index (χ4v) is 11.1. The third kappa shape index (κ3) is 5.69. The maximum Gasteiger partial charge on any atom is 0.328 e. The van der Waals surface area contributed by atoms with Crippen LogP contribution in [0.4, 0.5) is 0 Å². The molecule has 0 saturated carbocycles. The van der Waals surface area contributed by atoms with Crippen LogP contribution in [0.3, 0.4) is 0 Å². The summed E-state index contributed by atoms with van der Waals surface area (Å²) >= 11 is 0. The van der Waals surface area contributed by atoms with E-state index in [-0.39, 0.29) is 23.1 Å². The van der Waals surface area contributed by atoms with E-state index in [2.05, 4.69) is 69.3 Å². The van der Waals surface area contributed by atoms with Crippen LogP contribution in [-0.2, 0) is 14.0 Å². The zero-order chi connectivity index (χ0) is 29.7. The van der Waals surface area contributed by atoms with Crippen molar-refractivity contribution in [3.8, 4) is 0 Å². The molecule has 5 nitrogen and oxygen atoms in total. The minimum absolute atomic E-state index is 0.191. The number of amides is 1. The highest BCUT2D eigenvalue weighted by atomic mass is 28.4. The van der Waals surface area contributed by atoms with Crippen molar-refractivity contribution in [2.24, 2.45) is 0 Å². The number of nitrogens with zero attached hydrogens (tertiary/aromatic N) is 1. The van der Waals surface area contributed by atoms with Gasteiger partial charge in [0.2, 0.25) is 0 Å². The standard InChI is InChI=1S/C36H39NO4Si/c1-36(2,3)42(30-21-13-7-14-22-30,31-23-15-8-16-24-31)41-29-25-32(27-17-9-5-10-18-27)37(33(26-29)35(39)40-4)34(38)28-19-11-6-12-20-28/h5-24,29,32-33H,25-26H2,1-4H3/t29-,32-,33+/m0/s1. The highest BCUT2D eigenvalue weighted by Crippen LogP contribution is 2.43. The summed E-state index contributed by atoms with van der Waals surface area (Å²) in [7, 11) is -1.52. The van der Waals surface area contributed by atoms with Crippen LogP contribution < -0.4 is 10.4 Å². The van der Waals surface area contributed by atoms with Gasteiger partial charge in [0.25, 0.3) is 14.2 Å². The fourth-order valence-electron chi connectivity index (χ4n) is 6.41. The van der Waals surface area contributed by atoms with Crippen molar-refractivity contribution in [2.45, 2.75) is 56.8 Å². The van der Waals surface area contributed by atoms with E-state index in [9.17, 15) is 9.59 Å². The van der Waals surface area contributed by atoms with E-state index in [4.69, 9.17) is 9.16 Å². The molecule has 4 aromatic rings. The Morgan fingerprint density at radius 1 is 0.714 bits per heavy atom. The molecule has 1 heterocycles. The Kier molecular flexibility index (Phi) is 8.76. The van der Waals surface area contributed by atoms with Crippen molar-refractivity contribution in [1.82, 2.24) is 4.90 Å². The number of rotatable bonds is 7. The molecular weight excluding hydrogens is 538 g/mol. The molecule has 0 N–H and O–H groups in total. The lowest BCUT2D eigenvalue weighted by molar-refractivity contribution is -0.150. The van der Waals surface area contributed by atoms with Crippen LogP contribution in [0.5, 0.6) is 0 Å². The topological polar surface area (TPSA) is 55.8 Å². The van der Waals surface area contributed by atoms with Gasteiger partial charge in [0.15, 0.2) is 0 Å². The predicted octanol–water partition coefficient (Wildman–Crippen LogP) is 6.15. The number of esters is 1. The van der Waals surface area contributed by atoms with Gasteiger partial charge in [-0.05, 0) is 39.5 Å². The van der Waals surface area contributed by atoms with Gasteiger partial charge in [0, 0.05) is 12.0 Å². The molecule has 6 heteroatoms. The second-order valence-corrected chi connectivity index (χ2v) is 16.2. The smallest absolute Gasteiger partial charge is 0.328 e. The summed E-state index contributed by atoms with van der Waals surface area (Å²) in [5, 5.41) is 2.13. The first-order valence-electron chi connectivity index (χ1n) is 14.6. The van der Waals surface area contributed by atoms with Crippen LogP contribution in [-0.4, -0.2) is 44.3 Å². The normalized spacial score (nSPS) is 19.2. The molecule has 1 fully saturated rings. The zero-order valence-corrected chi connectivity index (χ0v) is 25.8. The maximum absolute atomic E-state index is 14.1. The molecule has 0 aliphatic carbocycles. The lowest BCUT2D eigenvalue weighted by Crippen LogP contribution is -2.68. The van der Waals surface area contributed by atoms with Crippen LogP contribution in [0.15, 0.2) is 121 Å². The van der Waals surface area contributed by atoms with Crippen LogP contribution >= 0.6 is 0 Å². The molecule has 0 radical (unpaired) electrons. The minimum Gasteiger partial charge on any atom is -0.467 e. The number of piperidine rings is 1. The molecule has 42 heavy (non-hydrogen) atoms. The lowest BCUT2D eigenvalue weighted by atomic mass is 9.88. The minimum atomic E-state index is -2.91. The third-order valence-electron chi connectivity index (χ3n) is 8.32. The summed E-state index contributed by atoms with van der Waals surface area (Å²) in [5.41, 5.74) is 1.50. The average Bonchev–Trinajstić information content (AvgIpc) is 3.03. The Hall–Kier alpha value is -4.00. The first-order valence-corrected chi connectivity index (χ1v) is 16.5. The first kappa shape index (κ1) is 29.5. The third-order valence-corrected chi connectivity index (χ3v) is 13.4. The second-order valence-electron chi connectivity index (χ2n) is 11.9. The molecule has 0 unspecified atom stereocenters. The van der Waals surface area contributed by atoms with E-state index < -0.39 is 20.3 Å². The summed E-state index contributed by atoms with van der Waals surface area (Å²) in [5.74, 6) is -0.625. The number of hydrogen-bond donors (Lipinski definition) is 0. The van der Waals surface area contributed by atoms with Crippen molar-refractivity contribution in [3.63, 3.8) is 0 Å². The van der Waals surface area contributed by atoms with Crippen LogP contribution in [0, 0.1) is 0 Å². The summed E-state index contributed by atoms with van der Waals surface area (Å²) in [4.78, 5) is 29.3. The number of hydrogen-bond acceptors (Lipinski definition) is 4. The lowest BCUT2D eigenvalue weighted by Gasteiger charge is -2.49. The Morgan fingerprint density at radius 3 is 1.67 bits per heavy atom. The van der Waals surface area contributed by atoms with Crippen molar-refractivity contribution in [1.29, 1.82) is 0 Å². The van der Waals surface area contributed by atoms with E-state index in [0.717, 1.165) is 5.56 Å². The van der Waals surface area contributed by atoms with Gasteiger partial charge in [0.05, 0.1) is 19.3 Å². The number of methoxy groups -OCH3 is 1. The average molecular weight is 578 g/mol. The van der Waals surface area contributed by atoms with E-state index >= 15 is 0 Å². The van der Waals surface area contributed by atoms with E-state index in [1.165, 1.54) is 17.5 Å². The Balaban J connectivity index is 1.64. The first-order chi connectivity index (χ1) is 20.3. The highest BCUT2D eigenvalue weighted by Gasteiger charge is 2.53. The van der Waals surface area contributed by atoms with Gasteiger partial charge in [-0.25, -0.2) is 4.79 Å². The Bertz CT molecular complexity index is 1430. The number of carbonyl (C=O) groups is 2. The van der Waals surface area contributed by atoms with E-state index in [1.54, 1.807) is 17.0 Å². The molecule has 1 aliphatic rings. The molecule has 5 rings (SSSR count). The highest BCUT2D eigenvalue weighted by molar-refractivity contribution is 6.99. The van der Waals surface area contributed by atoms with E-state index in [0.29, 0.717) is 18.4 Å². The van der Waals surface area contributed by atoms with Crippen LogP contribution in [0.2, 0.25) is 5.04 Å². The van der Waals surface area contributed by atoms with Gasteiger partial charge in [-0.2, -0.15) is 0 Å².